The molecular weight excluding hydrogens is 282 g/mol. The van der Waals surface area contributed by atoms with Gasteiger partial charge in [0.05, 0.1) is 18.2 Å². The van der Waals surface area contributed by atoms with Crippen molar-refractivity contribution in [2.75, 3.05) is 25.6 Å². The van der Waals surface area contributed by atoms with Crippen LogP contribution in [0.15, 0.2) is 36.5 Å². The molecule has 7 nitrogen and oxygen atoms in total. The number of ether oxygens (including phenoxy) is 1. The average Bonchev–Trinajstić information content (AvgIpc) is 2.56. The largest absolute Gasteiger partial charge is 0.383 e. The molecule has 0 saturated heterocycles. The van der Waals surface area contributed by atoms with E-state index < -0.39 is 0 Å². The van der Waals surface area contributed by atoms with Crippen LogP contribution in [0.4, 0.5) is 11.6 Å². The van der Waals surface area contributed by atoms with Crippen LogP contribution in [0, 0.1) is 11.3 Å². The summed E-state index contributed by atoms with van der Waals surface area (Å²) in [5.74, 6) is 0.0198. The molecule has 0 aliphatic heterocycles. The molecule has 0 aliphatic rings. The number of hydrogen-bond donors (Lipinski definition) is 2. The molecule has 0 saturated carbocycles. The minimum absolute atomic E-state index is 0.266. The molecule has 0 spiro atoms. The number of nitrogens with zero attached hydrogens (tertiary/aromatic N) is 3. The van der Waals surface area contributed by atoms with Crippen LogP contribution >= 0.6 is 0 Å². The molecule has 0 aliphatic carbocycles. The van der Waals surface area contributed by atoms with Gasteiger partial charge in [-0.3, -0.25) is 4.79 Å². The van der Waals surface area contributed by atoms with Crippen LogP contribution in [0.25, 0.3) is 0 Å². The van der Waals surface area contributed by atoms with E-state index in [1.165, 1.54) is 12.3 Å². The molecule has 2 N–H and O–H groups in total. The average molecular weight is 297 g/mol. The zero-order valence-corrected chi connectivity index (χ0v) is 12.0. The SMILES string of the molecule is COCCNC(=O)c1ccnc(Nc2ccc(C#N)cc2)n1. The molecule has 0 unspecified atom stereocenters. The Kier molecular flexibility index (Phi) is 5.40. The second-order valence-corrected chi connectivity index (χ2v) is 4.33. The number of amides is 1. The molecule has 1 aromatic carbocycles. The molecule has 0 atom stereocenters. The maximum absolute atomic E-state index is 11.9. The van der Waals surface area contributed by atoms with Gasteiger partial charge in [0.25, 0.3) is 5.91 Å². The first kappa shape index (κ1) is 15.4. The van der Waals surface area contributed by atoms with E-state index in [-0.39, 0.29) is 11.6 Å². The summed E-state index contributed by atoms with van der Waals surface area (Å²) in [6.45, 7) is 0.852. The second-order valence-electron chi connectivity index (χ2n) is 4.33. The summed E-state index contributed by atoms with van der Waals surface area (Å²) in [6, 6.07) is 10.4. The van der Waals surface area contributed by atoms with Crippen molar-refractivity contribution in [2.24, 2.45) is 0 Å². The predicted octanol–water partition coefficient (Wildman–Crippen LogP) is 1.47. The Balaban J connectivity index is 2.04. The number of aromatic nitrogens is 2. The van der Waals surface area contributed by atoms with Crippen molar-refractivity contribution < 1.29 is 9.53 Å². The Morgan fingerprint density at radius 1 is 1.32 bits per heavy atom. The van der Waals surface area contributed by atoms with Crippen LogP contribution in [0.5, 0.6) is 0 Å². The summed E-state index contributed by atoms with van der Waals surface area (Å²) in [6.07, 6.45) is 1.50. The fourth-order valence-corrected chi connectivity index (χ4v) is 1.66. The number of methoxy groups -OCH3 is 1. The highest BCUT2D eigenvalue weighted by atomic mass is 16.5. The summed E-state index contributed by atoms with van der Waals surface area (Å²) in [7, 11) is 1.57. The number of nitriles is 1. The van der Waals surface area contributed by atoms with E-state index in [9.17, 15) is 4.79 Å². The van der Waals surface area contributed by atoms with E-state index in [1.807, 2.05) is 6.07 Å². The van der Waals surface area contributed by atoms with Gasteiger partial charge >= 0.3 is 0 Å². The number of benzene rings is 1. The number of carbonyl (C=O) groups excluding carboxylic acids is 1. The van der Waals surface area contributed by atoms with E-state index in [4.69, 9.17) is 10.00 Å². The lowest BCUT2D eigenvalue weighted by molar-refractivity contribution is 0.0932. The van der Waals surface area contributed by atoms with Gasteiger partial charge in [0.2, 0.25) is 5.95 Å². The van der Waals surface area contributed by atoms with Gasteiger partial charge in [0, 0.05) is 25.5 Å². The summed E-state index contributed by atoms with van der Waals surface area (Å²) >= 11 is 0. The van der Waals surface area contributed by atoms with E-state index in [0.717, 1.165) is 5.69 Å². The zero-order chi connectivity index (χ0) is 15.8. The Bertz CT molecular complexity index is 679. The van der Waals surface area contributed by atoms with Crippen LogP contribution < -0.4 is 10.6 Å². The van der Waals surface area contributed by atoms with Crippen LogP contribution in [0.2, 0.25) is 0 Å². The molecule has 1 amide bonds. The van der Waals surface area contributed by atoms with Crippen molar-refractivity contribution in [3.63, 3.8) is 0 Å². The smallest absolute Gasteiger partial charge is 0.270 e. The van der Waals surface area contributed by atoms with Gasteiger partial charge in [0.1, 0.15) is 5.69 Å². The molecule has 1 heterocycles. The van der Waals surface area contributed by atoms with Crippen molar-refractivity contribution in [1.29, 1.82) is 5.26 Å². The zero-order valence-electron chi connectivity index (χ0n) is 12.0. The fourth-order valence-electron chi connectivity index (χ4n) is 1.66. The van der Waals surface area contributed by atoms with Gasteiger partial charge in [-0.1, -0.05) is 0 Å². The molecule has 22 heavy (non-hydrogen) atoms. The molecule has 0 fully saturated rings. The highest BCUT2D eigenvalue weighted by Crippen LogP contribution is 2.13. The molecule has 0 radical (unpaired) electrons. The summed E-state index contributed by atoms with van der Waals surface area (Å²) in [5, 5.41) is 14.4. The van der Waals surface area contributed by atoms with Crippen LogP contribution in [-0.4, -0.2) is 36.1 Å². The summed E-state index contributed by atoms with van der Waals surface area (Å²) < 4.78 is 4.87. The van der Waals surface area contributed by atoms with Gasteiger partial charge in [-0.25, -0.2) is 9.97 Å². The number of carbonyl (C=O) groups is 1. The Morgan fingerprint density at radius 2 is 2.09 bits per heavy atom. The van der Waals surface area contributed by atoms with Crippen LogP contribution in [-0.2, 0) is 4.74 Å². The minimum Gasteiger partial charge on any atom is -0.383 e. The standard InChI is InChI=1S/C15H15N5O2/c1-22-9-8-17-14(21)13-6-7-18-15(20-13)19-12-4-2-11(10-16)3-5-12/h2-7H,8-9H2,1H3,(H,17,21)(H,18,19,20). The molecular formula is C15H15N5O2. The Morgan fingerprint density at radius 3 is 2.77 bits per heavy atom. The van der Waals surface area contributed by atoms with E-state index >= 15 is 0 Å². The van der Waals surface area contributed by atoms with Gasteiger partial charge in [-0.15, -0.1) is 0 Å². The van der Waals surface area contributed by atoms with Gasteiger partial charge in [-0.05, 0) is 30.3 Å². The van der Waals surface area contributed by atoms with Crippen LogP contribution in [0.3, 0.4) is 0 Å². The molecule has 2 aromatic rings. The molecule has 2 rings (SSSR count). The summed E-state index contributed by atoms with van der Waals surface area (Å²) in [4.78, 5) is 20.1. The molecule has 112 valence electrons. The monoisotopic (exact) mass is 297 g/mol. The Labute approximate surface area is 128 Å². The number of anilines is 2. The molecule has 0 bridgehead atoms. The third-order valence-corrected chi connectivity index (χ3v) is 2.75. The summed E-state index contributed by atoms with van der Waals surface area (Å²) in [5.41, 5.74) is 1.57. The van der Waals surface area contributed by atoms with Gasteiger partial charge in [-0.2, -0.15) is 5.26 Å². The van der Waals surface area contributed by atoms with E-state index in [2.05, 4.69) is 20.6 Å². The van der Waals surface area contributed by atoms with Crippen molar-refractivity contribution in [3.8, 4) is 6.07 Å². The first-order chi connectivity index (χ1) is 10.7. The molecule has 7 heteroatoms. The van der Waals surface area contributed by atoms with Crippen molar-refractivity contribution in [2.45, 2.75) is 0 Å². The lowest BCUT2D eigenvalue weighted by Gasteiger charge is -2.07. The number of hydrogen-bond acceptors (Lipinski definition) is 6. The first-order valence-electron chi connectivity index (χ1n) is 6.60. The number of nitrogens with one attached hydrogen (secondary N) is 2. The topological polar surface area (TPSA) is 99.9 Å². The van der Waals surface area contributed by atoms with Crippen molar-refractivity contribution in [1.82, 2.24) is 15.3 Å². The van der Waals surface area contributed by atoms with E-state index in [1.54, 1.807) is 31.4 Å². The molecule has 1 aromatic heterocycles. The van der Waals surface area contributed by atoms with Crippen molar-refractivity contribution in [3.05, 3.63) is 47.8 Å². The van der Waals surface area contributed by atoms with E-state index in [0.29, 0.717) is 24.7 Å². The lowest BCUT2D eigenvalue weighted by Crippen LogP contribution is -2.27. The van der Waals surface area contributed by atoms with Gasteiger partial charge in [0.15, 0.2) is 0 Å². The third kappa shape index (κ3) is 4.26. The highest BCUT2D eigenvalue weighted by Gasteiger charge is 2.08. The predicted molar refractivity (Wildman–Crippen MR) is 80.7 cm³/mol. The van der Waals surface area contributed by atoms with Crippen LogP contribution in [0.1, 0.15) is 16.1 Å². The quantitative estimate of drug-likeness (QED) is 0.783. The highest BCUT2D eigenvalue weighted by molar-refractivity contribution is 5.92. The Hall–Kier alpha value is -2.98. The maximum atomic E-state index is 11.9. The first-order valence-corrected chi connectivity index (χ1v) is 6.60. The van der Waals surface area contributed by atoms with Crippen molar-refractivity contribution >= 4 is 17.5 Å². The normalized spacial score (nSPS) is 9.82. The second kappa shape index (κ2) is 7.71. The van der Waals surface area contributed by atoms with Gasteiger partial charge < -0.3 is 15.4 Å². The fraction of sp³-hybridized carbons (Fsp3) is 0.200. The number of rotatable bonds is 6. The maximum Gasteiger partial charge on any atom is 0.270 e. The minimum atomic E-state index is -0.290. The lowest BCUT2D eigenvalue weighted by atomic mass is 10.2. The third-order valence-electron chi connectivity index (χ3n) is 2.75.